The third kappa shape index (κ3) is 4.28. The van der Waals surface area contributed by atoms with Gasteiger partial charge in [-0.2, -0.15) is 0 Å². The summed E-state index contributed by atoms with van der Waals surface area (Å²) in [6.07, 6.45) is -0.221. The number of rotatable bonds is 6. The smallest absolute Gasteiger partial charge is 0.326 e. The summed E-state index contributed by atoms with van der Waals surface area (Å²) in [5, 5.41) is 30.0. The molecule has 0 saturated carbocycles. The minimum atomic E-state index is -1.36. The first kappa shape index (κ1) is 17.2. The molecule has 0 aliphatic rings. The molecule has 0 saturated heterocycles. The van der Waals surface area contributed by atoms with Crippen LogP contribution < -0.4 is 5.32 Å². The van der Waals surface area contributed by atoms with E-state index < -0.39 is 35.1 Å². The summed E-state index contributed by atoms with van der Waals surface area (Å²) in [6, 6.07) is 0.515. The van der Waals surface area contributed by atoms with Gasteiger partial charge in [-0.05, 0) is 0 Å². The van der Waals surface area contributed by atoms with Crippen LogP contribution in [0.2, 0.25) is 10.0 Å². The molecule has 1 amide bonds. The predicted octanol–water partition coefficient (Wildman–Crippen LogP) is 1.47. The second-order valence-electron chi connectivity index (χ2n) is 3.92. The van der Waals surface area contributed by atoms with Gasteiger partial charge in [0.15, 0.2) is 0 Å². The number of carbonyl (C=O) groups is 2. The van der Waals surface area contributed by atoms with Crippen LogP contribution >= 0.6 is 23.2 Å². The van der Waals surface area contributed by atoms with E-state index in [-0.39, 0.29) is 22.0 Å². The number of halogens is 2. The molecule has 0 fully saturated rings. The van der Waals surface area contributed by atoms with Gasteiger partial charge in [0.25, 0.3) is 11.6 Å². The Morgan fingerprint density at radius 1 is 1.38 bits per heavy atom. The van der Waals surface area contributed by atoms with Gasteiger partial charge in [0.1, 0.15) is 6.04 Å². The quantitative estimate of drug-likeness (QED) is 0.532. The van der Waals surface area contributed by atoms with Gasteiger partial charge in [-0.3, -0.25) is 14.9 Å². The number of nitro benzene ring substituents is 1. The summed E-state index contributed by atoms with van der Waals surface area (Å²) >= 11 is 11.5. The lowest BCUT2D eigenvalue weighted by Gasteiger charge is -2.14. The molecule has 8 nitrogen and oxygen atoms in total. The number of nitro groups is 1. The Balaban J connectivity index is 3.11. The summed E-state index contributed by atoms with van der Waals surface area (Å²) in [6.45, 7) is -0.458. The molecule has 21 heavy (non-hydrogen) atoms. The number of non-ortho nitro benzene ring substituents is 1. The summed E-state index contributed by atoms with van der Waals surface area (Å²) in [7, 11) is 0. The lowest BCUT2D eigenvalue weighted by atomic mass is 10.1. The minimum absolute atomic E-state index is 0.204. The van der Waals surface area contributed by atoms with Crippen LogP contribution in [0.25, 0.3) is 0 Å². The van der Waals surface area contributed by atoms with Gasteiger partial charge in [-0.1, -0.05) is 23.2 Å². The standard InChI is InChI=1S/C11H10Cl2N2O6/c12-7-4-5(15(20)21)3-6(9(7)13)10(17)14-8(1-2-16)11(18)19/h3-4,8,16H,1-2H2,(H,14,17)(H,18,19)/t8-/m0/s1. The fourth-order valence-electron chi connectivity index (χ4n) is 1.47. The maximum absolute atomic E-state index is 12.0. The average molecular weight is 337 g/mol. The molecule has 1 atom stereocenters. The molecule has 114 valence electrons. The first-order chi connectivity index (χ1) is 9.77. The monoisotopic (exact) mass is 336 g/mol. The van der Waals surface area contributed by atoms with Crippen LogP contribution in [0.1, 0.15) is 16.8 Å². The molecular formula is C11H10Cl2N2O6. The molecule has 10 heteroatoms. The molecule has 0 bridgehead atoms. The van der Waals surface area contributed by atoms with Crippen molar-refractivity contribution in [2.45, 2.75) is 12.5 Å². The van der Waals surface area contributed by atoms with Gasteiger partial charge in [-0.25, -0.2) is 4.79 Å². The van der Waals surface area contributed by atoms with Gasteiger partial charge in [0, 0.05) is 25.2 Å². The number of aliphatic hydroxyl groups is 1. The first-order valence-corrected chi connectivity index (χ1v) is 6.31. The highest BCUT2D eigenvalue weighted by molar-refractivity contribution is 6.44. The largest absolute Gasteiger partial charge is 0.480 e. The van der Waals surface area contributed by atoms with E-state index in [1.54, 1.807) is 0 Å². The maximum atomic E-state index is 12.0. The first-order valence-electron chi connectivity index (χ1n) is 5.56. The van der Waals surface area contributed by atoms with Crippen LogP contribution in [0.4, 0.5) is 5.69 Å². The molecule has 0 spiro atoms. The fraction of sp³-hybridized carbons (Fsp3) is 0.273. The molecule has 1 rings (SSSR count). The molecular weight excluding hydrogens is 327 g/mol. The Morgan fingerprint density at radius 3 is 2.48 bits per heavy atom. The molecule has 0 aliphatic carbocycles. The Kier molecular flexibility index (Phi) is 5.89. The number of carboxylic acid groups (broad SMARTS) is 1. The van der Waals surface area contributed by atoms with Crippen molar-refractivity contribution in [3.8, 4) is 0 Å². The van der Waals surface area contributed by atoms with Gasteiger partial charge in [-0.15, -0.1) is 0 Å². The number of hydrogen-bond donors (Lipinski definition) is 3. The van der Waals surface area contributed by atoms with Crippen molar-refractivity contribution in [3.63, 3.8) is 0 Å². The number of benzene rings is 1. The van der Waals surface area contributed by atoms with E-state index in [0.29, 0.717) is 0 Å². The lowest BCUT2D eigenvalue weighted by Crippen LogP contribution is -2.41. The van der Waals surface area contributed by atoms with E-state index >= 15 is 0 Å². The summed E-state index contributed by atoms with van der Waals surface area (Å²) in [4.78, 5) is 32.8. The van der Waals surface area contributed by atoms with E-state index in [1.165, 1.54) is 0 Å². The highest BCUT2D eigenvalue weighted by Crippen LogP contribution is 2.30. The van der Waals surface area contributed by atoms with Crippen LogP contribution in [0.15, 0.2) is 12.1 Å². The summed E-state index contributed by atoms with van der Waals surface area (Å²) in [5.74, 6) is -2.29. The van der Waals surface area contributed by atoms with E-state index in [9.17, 15) is 19.7 Å². The van der Waals surface area contributed by atoms with Gasteiger partial charge < -0.3 is 15.5 Å². The second-order valence-corrected chi connectivity index (χ2v) is 4.71. The van der Waals surface area contributed by atoms with Gasteiger partial charge >= 0.3 is 5.97 Å². The zero-order valence-corrected chi connectivity index (χ0v) is 11.9. The number of carbonyl (C=O) groups excluding carboxylic acids is 1. The fourth-order valence-corrected chi connectivity index (χ4v) is 1.88. The molecule has 1 aromatic carbocycles. The molecule has 0 aromatic heterocycles. The zero-order valence-electron chi connectivity index (χ0n) is 10.4. The van der Waals surface area contributed by atoms with Crippen molar-refractivity contribution in [2.24, 2.45) is 0 Å². The van der Waals surface area contributed by atoms with Crippen molar-refractivity contribution in [1.82, 2.24) is 5.32 Å². The SMILES string of the molecule is O=C(N[C@@H](CCO)C(=O)O)c1cc([N+](=O)[O-])cc(Cl)c1Cl. The predicted molar refractivity (Wildman–Crippen MR) is 73.7 cm³/mol. The van der Waals surface area contributed by atoms with Crippen molar-refractivity contribution in [3.05, 3.63) is 37.9 Å². The van der Waals surface area contributed by atoms with Crippen LogP contribution in [0.5, 0.6) is 0 Å². The van der Waals surface area contributed by atoms with Crippen molar-refractivity contribution in [1.29, 1.82) is 0 Å². The molecule has 0 unspecified atom stereocenters. The number of nitrogens with zero attached hydrogens (tertiary/aromatic N) is 1. The van der Waals surface area contributed by atoms with E-state index in [1.807, 2.05) is 0 Å². The van der Waals surface area contributed by atoms with E-state index in [2.05, 4.69) is 5.32 Å². The summed E-state index contributed by atoms with van der Waals surface area (Å²) in [5.41, 5.74) is -0.774. The van der Waals surface area contributed by atoms with Crippen LogP contribution in [-0.4, -0.2) is 39.7 Å². The summed E-state index contributed by atoms with van der Waals surface area (Å²) < 4.78 is 0. The van der Waals surface area contributed by atoms with Gasteiger partial charge in [0.2, 0.25) is 0 Å². The minimum Gasteiger partial charge on any atom is -0.480 e. The van der Waals surface area contributed by atoms with Crippen LogP contribution in [0, 0.1) is 10.1 Å². The molecule has 3 N–H and O–H groups in total. The van der Waals surface area contributed by atoms with E-state index in [0.717, 1.165) is 12.1 Å². The normalized spacial score (nSPS) is 11.8. The third-order valence-electron chi connectivity index (χ3n) is 2.49. The number of amides is 1. The topological polar surface area (TPSA) is 130 Å². The average Bonchev–Trinajstić information content (AvgIpc) is 2.40. The van der Waals surface area contributed by atoms with Crippen molar-refractivity contribution in [2.75, 3.05) is 6.61 Å². The van der Waals surface area contributed by atoms with Crippen molar-refractivity contribution < 1.29 is 24.7 Å². The van der Waals surface area contributed by atoms with Crippen LogP contribution in [0.3, 0.4) is 0 Å². The number of hydrogen-bond acceptors (Lipinski definition) is 5. The molecule has 0 radical (unpaired) electrons. The number of aliphatic hydroxyl groups excluding tert-OH is 1. The Hall–Kier alpha value is -1.90. The number of nitrogens with one attached hydrogen (secondary N) is 1. The molecule has 0 aliphatic heterocycles. The lowest BCUT2D eigenvalue weighted by molar-refractivity contribution is -0.384. The highest BCUT2D eigenvalue weighted by Gasteiger charge is 2.24. The Bertz CT molecular complexity index is 592. The zero-order chi connectivity index (χ0) is 16.2. The van der Waals surface area contributed by atoms with Crippen molar-refractivity contribution >= 4 is 40.8 Å². The van der Waals surface area contributed by atoms with Crippen LogP contribution in [-0.2, 0) is 4.79 Å². The third-order valence-corrected chi connectivity index (χ3v) is 3.29. The maximum Gasteiger partial charge on any atom is 0.326 e. The number of carboxylic acids is 1. The highest BCUT2D eigenvalue weighted by atomic mass is 35.5. The molecule has 0 heterocycles. The van der Waals surface area contributed by atoms with Gasteiger partial charge in [0.05, 0.1) is 20.5 Å². The number of aliphatic carboxylic acids is 1. The second kappa shape index (κ2) is 7.21. The van der Waals surface area contributed by atoms with E-state index in [4.69, 9.17) is 33.4 Å². The molecule has 1 aromatic rings. The Labute approximate surface area is 128 Å². The Morgan fingerprint density at radius 2 is 2.00 bits per heavy atom.